The molecule has 0 spiro atoms. The van der Waals surface area contributed by atoms with Crippen LogP contribution in [0.1, 0.15) is 6.92 Å². The molecule has 1 fully saturated rings. The fraction of sp³-hybridized carbons (Fsp3) is 0.538. The molecule has 4 N–H and O–H groups in total. The predicted octanol–water partition coefficient (Wildman–Crippen LogP) is -0.587. The van der Waals surface area contributed by atoms with Crippen LogP contribution in [0, 0.1) is 10.1 Å². The molecule has 0 radical (unpaired) electrons. The topological polar surface area (TPSA) is 164 Å². The summed E-state index contributed by atoms with van der Waals surface area (Å²) >= 11 is 0. The number of ether oxygens (including phenoxy) is 1. The standard InChI is InChI=1S/C13H16N4O7/c1-5-9(13(20)12(19)8(4-18)23-5)14-6-2-3-7(17(21)22)11-10(6)15-24-16-11/h2-3,5,8-9,12-14,18-20H,4H2,1H3/t5-,8?,9?,12+,13?/m0/s1. The van der Waals surface area contributed by atoms with Crippen LogP contribution in [0.2, 0.25) is 0 Å². The van der Waals surface area contributed by atoms with Gasteiger partial charge in [-0.25, -0.2) is 4.63 Å². The number of aliphatic hydroxyl groups excluding tert-OH is 3. The Hall–Kier alpha value is -2.34. The largest absolute Gasteiger partial charge is 0.394 e. The lowest BCUT2D eigenvalue weighted by molar-refractivity contribution is -0.383. The molecule has 3 unspecified atom stereocenters. The first-order valence-corrected chi connectivity index (χ1v) is 7.22. The van der Waals surface area contributed by atoms with Gasteiger partial charge in [0, 0.05) is 6.07 Å². The Kier molecular flexibility index (Phi) is 4.32. The minimum Gasteiger partial charge on any atom is -0.394 e. The van der Waals surface area contributed by atoms with E-state index >= 15 is 0 Å². The van der Waals surface area contributed by atoms with Crippen molar-refractivity contribution < 1.29 is 29.6 Å². The molecule has 11 heteroatoms. The number of nitrogens with zero attached hydrogens (tertiary/aromatic N) is 3. The molecule has 0 amide bonds. The molecule has 24 heavy (non-hydrogen) atoms. The van der Waals surface area contributed by atoms with Gasteiger partial charge in [-0.2, -0.15) is 0 Å². The maximum Gasteiger partial charge on any atom is 0.300 e. The highest BCUT2D eigenvalue weighted by atomic mass is 16.6. The van der Waals surface area contributed by atoms with Crippen molar-refractivity contribution in [3.63, 3.8) is 0 Å². The Morgan fingerprint density at radius 2 is 2.00 bits per heavy atom. The fourth-order valence-corrected chi connectivity index (χ4v) is 2.80. The molecular weight excluding hydrogens is 324 g/mol. The molecule has 1 aliphatic rings. The van der Waals surface area contributed by atoms with Crippen LogP contribution in [0.15, 0.2) is 16.8 Å². The van der Waals surface area contributed by atoms with Gasteiger partial charge in [-0.1, -0.05) is 0 Å². The minimum absolute atomic E-state index is 0.0300. The highest BCUT2D eigenvalue weighted by Gasteiger charge is 2.42. The zero-order valence-corrected chi connectivity index (χ0v) is 12.6. The van der Waals surface area contributed by atoms with E-state index < -0.39 is 42.0 Å². The van der Waals surface area contributed by atoms with Gasteiger partial charge in [0.15, 0.2) is 5.52 Å². The van der Waals surface area contributed by atoms with E-state index in [0.717, 1.165) is 0 Å². The minimum atomic E-state index is -1.28. The van der Waals surface area contributed by atoms with Crippen LogP contribution in [0.3, 0.4) is 0 Å². The first-order valence-electron chi connectivity index (χ1n) is 7.22. The molecular formula is C13H16N4O7. The summed E-state index contributed by atoms with van der Waals surface area (Å²) in [6, 6.07) is 1.92. The van der Waals surface area contributed by atoms with Gasteiger partial charge in [0.05, 0.1) is 29.4 Å². The Morgan fingerprint density at radius 1 is 1.29 bits per heavy atom. The average molecular weight is 340 g/mol. The zero-order valence-electron chi connectivity index (χ0n) is 12.6. The van der Waals surface area contributed by atoms with Crippen molar-refractivity contribution in [1.82, 2.24) is 10.3 Å². The molecule has 1 aliphatic heterocycles. The molecule has 1 aromatic carbocycles. The summed E-state index contributed by atoms with van der Waals surface area (Å²) in [6.45, 7) is 1.24. The maximum atomic E-state index is 11.0. The highest BCUT2D eigenvalue weighted by molar-refractivity contribution is 5.93. The van der Waals surface area contributed by atoms with Crippen molar-refractivity contribution >= 4 is 22.4 Å². The summed E-state index contributed by atoms with van der Waals surface area (Å²) in [5.41, 5.74) is 0.177. The number of aromatic nitrogens is 2. The highest BCUT2D eigenvalue weighted by Crippen LogP contribution is 2.31. The lowest BCUT2D eigenvalue weighted by Crippen LogP contribution is -2.60. The van der Waals surface area contributed by atoms with Crippen molar-refractivity contribution in [2.24, 2.45) is 0 Å². The number of anilines is 1. The van der Waals surface area contributed by atoms with E-state index in [1.165, 1.54) is 12.1 Å². The molecule has 0 bridgehead atoms. The first kappa shape index (κ1) is 16.5. The fourth-order valence-electron chi connectivity index (χ4n) is 2.80. The van der Waals surface area contributed by atoms with Crippen molar-refractivity contribution in [2.75, 3.05) is 11.9 Å². The van der Waals surface area contributed by atoms with E-state index in [0.29, 0.717) is 5.69 Å². The van der Waals surface area contributed by atoms with Crippen LogP contribution in [0.4, 0.5) is 11.4 Å². The summed E-state index contributed by atoms with van der Waals surface area (Å²) in [7, 11) is 0. The molecule has 0 saturated carbocycles. The Bertz CT molecular complexity index is 751. The van der Waals surface area contributed by atoms with Gasteiger partial charge in [-0.15, -0.1) is 0 Å². The van der Waals surface area contributed by atoms with E-state index in [4.69, 9.17) is 9.84 Å². The van der Waals surface area contributed by atoms with Gasteiger partial charge in [-0.3, -0.25) is 10.1 Å². The summed E-state index contributed by atoms with van der Waals surface area (Å²) in [4.78, 5) is 10.4. The van der Waals surface area contributed by atoms with Gasteiger partial charge in [-0.05, 0) is 23.3 Å². The molecule has 3 rings (SSSR count). The van der Waals surface area contributed by atoms with Crippen LogP contribution in [-0.2, 0) is 4.74 Å². The molecule has 1 saturated heterocycles. The number of aliphatic hydroxyl groups is 3. The monoisotopic (exact) mass is 340 g/mol. The third-order valence-corrected chi connectivity index (χ3v) is 4.09. The summed E-state index contributed by atoms with van der Waals surface area (Å²) in [5.74, 6) is 0. The number of nitro groups is 1. The number of fused-ring (bicyclic) bond motifs is 1. The Morgan fingerprint density at radius 3 is 2.67 bits per heavy atom. The van der Waals surface area contributed by atoms with Gasteiger partial charge in [0.25, 0.3) is 0 Å². The number of hydrogen-bond donors (Lipinski definition) is 4. The average Bonchev–Trinajstić information content (AvgIpc) is 3.04. The maximum absolute atomic E-state index is 11.0. The van der Waals surface area contributed by atoms with E-state index in [2.05, 4.69) is 20.3 Å². The third kappa shape index (κ3) is 2.67. The second-order valence-corrected chi connectivity index (χ2v) is 5.56. The number of hydrogen-bond acceptors (Lipinski definition) is 10. The number of rotatable bonds is 4. The third-order valence-electron chi connectivity index (χ3n) is 4.09. The van der Waals surface area contributed by atoms with E-state index in [1.807, 2.05) is 0 Å². The van der Waals surface area contributed by atoms with E-state index in [-0.39, 0.29) is 16.7 Å². The Labute approximate surface area is 134 Å². The van der Waals surface area contributed by atoms with Gasteiger partial charge in [0.2, 0.25) is 5.52 Å². The second-order valence-electron chi connectivity index (χ2n) is 5.56. The lowest BCUT2D eigenvalue weighted by Gasteiger charge is -2.41. The summed E-state index contributed by atoms with van der Waals surface area (Å²) in [5, 5.41) is 50.5. The smallest absolute Gasteiger partial charge is 0.300 e. The number of non-ortho nitro benzene ring substituents is 1. The van der Waals surface area contributed by atoms with Crippen LogP contribution >= 0.6 is 0 Å². The number of nitro benzene ring substituents is 1. The van der Waals surface area contributed by atoms with Gasteiger partial charge >= 0.3 is 5.69 Å². The quantitative estimate of drug-likeness (QED) is 0.418. The van der Waals surface area contributed by atoms with Crippen LogP contribution in [0.25, 0.3) is 11.0 Å². The van der Waals surface area contributed by atoms with Gasteiger partial charge < -0.3 is 25.4 Å². The van der Waals surface area contributed by atoms with Gasteiger partial charge in [0.1, 0.15) is 18.3 Å². The second kappa shape index (κ2) is 6.28. The molecule has 2 heterocycles. The zero-order chi connectivity index (χ0) is 17.4. The van der Waals surface area contributed by atoms with Crippen LogP contribution < -0.4 is 5.32 Å². The van der Waals surface area contributed by atoms with Crippen molar-refractivity contribution in [1.29, 1.82) is 0 Å². The SMILES string of the molecule is C[C@@H]1OC(CO)[C@@H](O)C(O)C1Nc1ccc([N+](=O)[O-])c2nonc12. The van der Waals surface area contributed by atoms with Crippen molar-refractivity contribution in [2.45, 2.75) is 37.4 Å². The van der Waals surface area contributed by atoms with Crippen LogP contribution in [0.5, 0.6) is 0 Å². The summed E-state index contributed by atoms with van der Waals surface area (Å²) < 4.78 is 10.0. The normalized spacial score (nSPS) is 30.4. The van der Waals surface area contributed by atoms with E-state index in [1.54, 1.807) is 6.92 Å². The lowest BCUT2D eigenvalue weighted by atomic mass is 9.93. The molecule has 130 valence electrons. The number of nitrogens with one attached hydrogen (secondary N) is 1. The molecule has 11 nitrogen and oxygen atoms in total. The number of benzene rings is 1. The van der Waals surface area contributed by atoms with Crippen molar-refractivity contribution in [3.8, 4) is 0 Å². The van der Waals surface area contributed by atoms with Crippen LogP contribution in [-0.4, -0.2) is 67.6 Å². The van der Waals surface area contributed by atoms with Crippen molar-refractivity contribution in [3.05, 3.63) is 22.2 Å². The first-order chi connectivity index (χ1) is 11.4. The molecule has 0 aliphatic carbocycles. The summed E-state index contributed by atoms with van der Waals surface area (Å²) in [6.07, 6.45) is -3.95. The van der Waals surface area contributed by atoms with E-state index in [9.17, 15) is 20.3 Å². The molecule has 2 aromatic rings. The predicted molar refractivity (Wildman–Crippen MR) is 79.3 cm³/mol. The molecule has 1 aromatic heterocycles. The molecule has 5 atom stereocenters. The Balaban J connectivity index is 1.91.